The first-order valence-corrected chi connectivity index (χ1v) is 7.19. The van der Waals surface area contributed by atoms with Gasteiger partial charge in [-0.05, 0) is 34.9 Å². The predicted molar refractivity (Wildman–Crippen MR) is 83.6 cm³/mol. The average molecular weight is 344 g/mol. The summed E-state index contributed by atoms with van der Waals surface area (Å²) < 4.78 is 10.8. The zero-order valence-electron chi connectivity index (χ0n) is 12.0. The Bertz CT molecular complexity index is 679. The van der Waals surface area contributed by atoms with Gasteiger partial charge in [-0.15, -0.1) is 0 Å². The van der Waals surface area contributed by atoms with Crippen LogP contribution < -0.4 is 14.2 Å². The highest BCUT2D eigenvalue weighted by Crippen LogP contribution is 2.32. The van der Waals surface area contributed by atoms with Crippen molar-refractivity contribution in [2.75, 3.05) is 14.2 Å². The Morgan fingerprint density at radius 2 is 1.86 bits per heavy atom. The highest BCUT2D eigenvalue weighted by molar-refractivity contribution is 6.41. The van der Waals surface area contributed by atoms with Crippen molar-refractivity contribution in [1.29, 1.82) is 0 Å². The van der Waals surface area contributed by atoms with Crippen molar-refractivity contribution in [2.45, 2.75) is 12.5 Å². The van der Waals surface area contributed by atoms with Gasteiger partial charge in [0.25, 0.3) is 0 Å². The van der Waals surface area contributed by atoms with E-state index in [1.165, 1.54) is 26.5 Å². The van der Waals surface area contributed by atoms with E-state index in [1.807, 2.05) is 0 Å². The Kier molecular flexibility index (Phi) is 5.34. The van der Waals surface area contributed by atoms with E-state index in [1.54, 1.807) is 18.2 Å². The number of aromatic nitrogens is 1. The standard InChI is InChI=1S/C15H15Cl2NO4/c1-21-12-4-3-9(8-13(12)22-2)11(19)7-10-5-6-18(20)15(17)14(10)16/h3-6,8,11,19H,7H2,1-2H3. The zero-order valence-corrected chi connectivity index (χ0v) is 13.6. The number of hydrogen-bond donors (Lipinski definition) is 1. The highest BCUT2D eigenvalue weighted by Gasteiger charge is 2.18. The summed E-state index contributed by atoms with van der Waals surface area (Å²) >= 11 is 11.8. The fraction of sp³-hybridized carbons (Fsp3) is 0.267. The summed E-state index contributed by atoms with van der Waals surface area (Å²) in [5.41, 5.74) is 1.23. The number of benzene rings is 1. The minimum atomic E-state index is -0.823. The molecular weight excluding hydrogens is 329 g/mol. The lowest BCUT2D eigenvalue weighted by Crippen LogP contribution is -2.27. The van der Waals surface area contributed by atoms with Crippen LogP contribution in [0.1, 0.15) is 17.2 Å². The van der Waals surface area contributed by atoms with Gasteiger partial charge >= 0.3 is 5.15 Å². The molecule has 0 bridgehead atoms. The monoisotopic (exact) mass is 343 g/mol. The van der Waals surface area contributed by atoms with Crippen LogP contribution >= 0.6 is 23.2 Å². The number of pyridine rings is 1. The van der Waals surface area contributed by atoms with Crippen molar-refractivity contribution in [3.8, 4) is 11.5 Å². The van der Waals surface area contributed by atoms with Gasteiger partial charge in [-0.3, -0.25) is 0 Å². The van der Waals surface area contributed by atoms with Crippen LogP contribution in [0.4, 0.5) is 0 Å². The molecule has 0 radical (unpaired) electrons. The molecule has 1 aromatic heterocycles. The van der Waals surface area contributed by atoms with Gasteiger partial charge in [0.1, 0.15) is 5.02 Å². The third-order valence-electron chi connectivity index (χ3n) is 3.27. The quantitative estimate of drug-likeness (QED) is 0.515. The van der Waals surface area contributed by atoms with Gasteiger partial charge in [0.15, 0.2) is 17.7 Å². The molecule has 1 N–H and O–H groups in total. The van der Waals surface area contributed by atoms with E-state index in [2.05, 4.69) is 0 Å². The maximum absolute atomic E-state index is 11.3. The maximum atomic E-state index is 11.3. The number of nitrogens with zero attached hydrogens (tertiary/aromatic N) is 1. The summed E-state index contributed by atoms with van der Waals surface area (Å²) in [6.45, 7) is 0. The van der Waals surface area contributed by atoms with Crippen LogP contribution in [0.5, 0.6) is 11.5 Å². The van der Waals surface area contributed by atoms with E-state index in [-0.39, 0.29) is 16.6 Å². The summed E-state index contributed by atoms with van der Waals surface area (Å²) in [6.07, 6.45) is 0.649. The fourth-order valence-corrected chi connectivity index (χ4v) is 2.47. The van der Waals surface area contributed by atoms with Crippen LogP contribution in [-0.2, 0) is 6.42 Å². The van der Waals surface area contributed by atoms with Crippen molar-refractivity contribution in [3.63, 3.8) is 0 Å². The number of rotatable bonds is 5. The van der Waals surface area contributed by atoms with E-state index in [4.69, 9.17) is 32.7 Å². The summed E-state index contributed by atoms with van der Waals surface area (Å²) in [5.74, 6) is 1.10. The van der Waals surface area contributed by atoms with Crippen LogP contribution in [-0.4, -0.2) is 19.3 Å². The van der Waals surface area contributed by atoms with Gasteiger partial charge < -0.3 is 19.8 Å². The predicted octanol–water partition coefficient (Wildman–Crippen LogP) is 2.92. The van der Waals surface area contributed by atoms with Gasteiger partial charge in [-0.1, -0.05) is 17.7 Å². The molecule has 0 aliphatic carbocycles. The summed E-state index contributed by atoms with van der Waals surface area (Å²) in [4.78, 5) is 0. The summed E-state index contributed by atoms with van der Waals surface area (Å²) in [6, 6.07) is 6.67. The number of ether oxygens (including phenoxy) is 2. The molecule has 0 aliphatic heterocycles. The fourth-order valence-electron chi connectivity index (χ4n) is 2.07. The van der Waals surface area contributed by atoms with Crippen molar-refractivity contribution in [2.24, 2.45) is 0 Å². The normalized spacial score (nSPS) is 12.0. The van der Waals surface area contributed by atoms with Crippen molar-refractivity contribution < 1.29 is 19.3 Å². The van der Waals surface area contributed by atoms with Crippen LogP contribution in [0, 0.1) is 5.21 Å². The largest absolute Gasteiger partial charge is 0.618 e. The molecule has 0 saturated carbocycles. The first-order valence-electron chi connectivity index (χ1n) is 6.44. The lowest BCUT2D eigenvalue weighted by atomic mass is 10.0. The third kappa shape index (κ3) is 3.38. The van der Waals surface area contributed by atoms with E-state index in [0.29, 0.717) is 27.4 Å². The van der Waals surface area contributed by atoms with Gasteiger partial charge in [0.05, 0.1) is 20.3 Å². The lowest BCUT2D eigenvalue weighted by Gasteiger charge is -2.15. The Morgan fingerprint density at radius 1 is 1.18 bits per heavy atom. The average Bonchev–Trinajstić information content (AvgIpc) is 2.54. The highest BCUT2D eigenvalue weighted by atomic mass is 35.5. The van der Waals surface area contributed by atoms with Crippen LogP contribution in [0.25, 0.3) is 0 Å². The molecule has 0 aliphatic rings. The van der Waals surface area contributed by atoms with E-state index in [0.717, 1.165) is 0 Å². The molecule has 0 amide bonds. The van der Waals surface area contributed by atoms with Crippen molar-refractivity contribution >= 4 is 23.2 Å². The maximum Gasteiger partial charge on any atom is 0.305 e. The second kappa shape index (κ2) is 7.05. The molecular formula is C15H15Cl2NO4. The molecule has 1 aromatic carbocycles. The van der Waals surface area contributed by atoms with Crippen LogP contribution in [0.3, 0.4) is 0 Å². The topological polar surface area (TPSA) is 65.6 Å². The van der Waals surface area contributed by atoms with E-state index < -0.39 is 6.10 Å². The zero-order chi connectivity index (χ0) is 16.3. The summed E-state index contributed by atoms with van der Waals surface area (Å²) in [5, 5.41) is 21.7. The Balaban J connectivity index is 2.26. The van der Waals surface area contributed by atoms with Gasteiger partial charge in [0.2, 0.25) is 0 Å². The second-order valence-electron chi connectivity index (χ2n) is 4.61. The lowest BCUT2D eigenvalue weighted by molar-refractivity contribution is -0.603. The first kappa shape index (κ1) is 16.7. The molecule has 1 heterocycles. The number of halogens is 2. The van der Waals surface area contributed by atoms with Gasteiger partial charge in [-0.25, -0.2) is 0 Å². The van der Waals surface area contributed by atoms with Crippen LogP contribution in [0.15, 0.2) is 30.5 Å². The Hall–Kier alpha value is -1.69. The molecule has 0 saturated heterocycles. The van der Waals surface area contributed by atoms with E-state index in [9.17, 15) is 10.3 Å². The van der Waals surface area contributed by atoms with Crippen LogP contribution in [0.2, 0.25) is 10.2 Å². The molecule has 1 unspecified atom stereocenters. The minimum Gasteiger partial charge on any atom is -0.618 e. The molecule has 0 fully saturated rings. The first-order chi connectivity index (χ1) is 10.5. The Labute approximate surface area is 138 Å². The van der Waals surface area contributed by atoms with Gasteiger partial charge in [-0.2, -0.15) is 4.73 Å². The molecule has 118 valence electrons. The number of aliphatic hydroxyl groups is 1. The molecule has 1 atom stereocenters. The molecule has 2 rings (SSSR count). The smallest absolute Gasteiger partial charge is 0.305 e. The SMILES string of the molecule is COc1ccc(C(O)Cc2cc[n+]([O-])c(Cl)c2Cl)cc1OC. The molecule has 22 heavy (non-hydrogen) atoms. The summed E-state index contributed by atoms with van der Waals surface area (Å²) in [7, 11) is 3.06. The van der Waals surface area contributed by atoms with Crippen molar-refractivity contribution in [3.05, 3.63) is 57.0 Å². The number of methoxy groups -OCH3 is 2. The van der Waals surface area contributed by atoms with Gasteiger partial charge in [0, 0.05) is 12.5 Å². The minimum absolute atomic E-state index is 0.112. The molecule has 2 aromatic rings. The molecule has 5 nitrogen and oxygen atoms in total. The third-order valence-corrected chi connectivity index (χ3v) is 4.15. The number of aliphatic hydroxyl groups excluding tert-OH is 1. The Morgan fingerprint density at radius 3 is 2.50 bits per heavy atom. The second-order valence-corrected chi connectivity index (χ2v) is 5.34. The number of hydrogen-bond acceptors (Lipinski definition) is 4. The molecule has 7 heteroatoms. The molecule has 0 spiro atoms. The van der Waals surface area contributed by atoms with E-state index >= 15 is 0 Å². The van der Waals surface area contributed by atoms with Crippen molar-refractivity contribution in [1.82, 2.24) is 0 Å².